The maximum atomic E-state index is 12.1. The average molecular weight is 361 g/mol. The first-order chi connectivity index (χ1) is 11.8. The van der Waals surface area contributed by atoms with Crippen LogP contribution in [-0.2, 0) is 28.3 Å². The van der Waals surface area contributed by atoms with Gasteiger partial charge in [0.05, 0.1) is 5.75 Å². The molecule has 0 aliphatic carbocycles. The van der Waals surface area contributed by atoms with Gasteiger partial charge in [0, 0.05) is 18.9 Å². The Bertz CT molecular complexity index is 749. The van der Waals surface area contributed by atoms with E-state index in [9.17, 15) is 8.42 Å². The monoisotopic (exact) mass is 360 g/mol. The number of benzene rings is 1. The fourth-order valence-corrected chi connectivity index (χ4v) is 3.67. The molecule has 0 atom stereocenters. The maximum absolute atomic E-state index is 12.1. The van der Waals surface area contributed by atoms with Gasteiger partial charge in [-0.15, -0.1) is 0 Å². The lowest BCUT2D eigenvalue weighted by Crippen LogP contribution is -2.28. The second-order valence-corrected chi connectivity index (χ2v) is 9.30. The van der Waals surface area contributed by atoms with Crippen molar-refractivity contribution in [1.29, 1.82) is 0 Å². The van der Waals surface area contributed by atoms with Crippen LogP contribution in [0.25, 0.3) is 0 Å². The van der Waals surface area contributed by atoms with E-state index in [0.717, 1.165) is 24.0 Å². The summed E-state index contributed by atoms with van der Waals surface area (Å²) < 4.78 is 26.9. The molecule has 0 aliphatic heterocycles. The van der Waals surface area contributed by atoms with Crippen LogP contribution >= 0.6 is 0 Å². The lowest BCUT2D eigenvalue weighted by molar-refractivity contribution is 0.578. The van der Waals surface area contributed by atoms with E-state index in [-0.39, 0.29) is 11.2 Å². The Balaban J connectivity index is 1.75. The van der Waals surface area contributed by atoms with Crippen LogP contribution in [0.4, 0.5) is 0 Å². The third kappa shape index (κ3) is 6.96. The molecule has 0 fully saturated rings. The summed E-state index contributed by atoms with van der Waals surface area (Å²) in [4.78, 5) is 4.06. The van der Waals surface area contributed by atoms with Crippen molar-refractivity contribution in [3.05, 3.63) is 65.5 Å². The molecule has 5 heteroatoms. The van der Waals surface area contributed by atoms with Gasteiger partial charge in [-0.25, -0.2) is 13.1 Å². The molecular weight excluding hydrogens is 332 g/mol. The molecule has 0 unspecified atom stereocenters. The Hall–Kier alpha value is -1.72. The van der Waals surface area contributed by atoms with Crippen molar-refractivity contribution >= 4 is 10.0 Å². The highest BCUT2D eigenvalue weighted by molar-refractivity contribution is 7.89. The number of sulfonamides is 1. The normalized spacial score (nSPS) is 12.3. The quantitative estimate of drug-likeness (QED) is 0.733. The molecule has 0 bridgehead atoms. The van der Waals surface area contributed by atoms with Gasteiger partial charge in [0.25, 0.3) is 0 Å². The van der Waals surface area contributed by atoms with E-state index < -0.39 is 10.0 Å². The summed E-state index contributed by atoms with van der Waals surface area (Å²) >= 11 is 0. The molecule has 1 aromatic carbocycles. The zero-order chi connectivity index (χ0) is 18.3. The minimum absolute atomic E-state index is 0.112. The molecule has 4 nitrogen and oxygen atoms in total. The first kappa shape index (κ1) is 19.6. The van der Waals surface area contributed by atoms with Crippen molar-refractivity contribution in [2.45, 2.75) is 45.4 Å². The summed E-state index contributed by atoms with van der Waals surface area (Å²) in [5.41, 5.74) is 3.54. The van der Waals surface area contributed by atoms with Gasteiger partial charge in [-0.05, 0) is 47.4 Å². The first-order valence-electron chi connectivity index (χ1n) is 8.72. The van der Waals surface area contributed by atoms with Gasteiger partial charge in [0.1, 0.15) is 0 Å². The third-order valence-electron chi connectivity index (χ3n) is 4.17. The van der Waals surface area contributed by atoms with Crippen LogP contribution in [0.3, 0.4) is 0 Å². The van der Waals surface area contributed by atoms with Crippen molar-refractivity contribution in [3.63, 3.8) is 0 Å². The Kier molecular flexibility index (Phi) is 6.73. The molecule has 2 rings (SSSR count). The van der Waals surface area contributed by atoms with Gasteiger partial charge in [-0.1, -0.05) is 51.1 Å². The van der Waals surface area contributed by atoms with Crippen LogP contribution in [0.5, 0.6) is 0 Å². The second-order valence-electron chi connectivity index (χ2n) is 7.37. The molecule has 1 heterocycles. The van der Waals surface area contributed by atoms with Crippen LogP contribution in [0, 0.1) is 0 Å². The third-order valence-corrected chi connectivity index (χ3v) is 5.55. The SMILES string of the molecule is CC(C)(C)c1ccc(CCS(=O)(=O)NCCCc2cccnc2)cc1. The molecular formula is C20H28N2O2S. The van der Waals surface area contributed by atoms with Crippen LogP contribution in [-0.4, -0.2) is 25.7 Å². The summed E-state index contributed by atoms with van der Waals surface area (Å²) in [6.45, 7) is 6.96. The van der Waals surface area contributed by atoms with Gasteiger partial charge >= 0.3 is 0 Å². The number of pyridine rings is 1. The number of hydrogen-bond donors (Lipinski definition) is 1. The van der Waals surface area contributed by atoms with Gasteiger partial charge in [0.15, 0.2) is 0 Å². The fourth-order valence-electron chi connectivity index (χ4n) is 2.56. The molecule has 25 heavy (non-hydrogen) atoms. The summed E-state index contributed by atoms with van der Waals surface area (Å²) in [6, 6.07) is 12.1. The van der Waals surface area contributed by atoms with Crippen LogP contribution in [0.15, 0.2) is 48.8 Å². The van der Waals surface area contributed by atoms with Gasteiger partial charge in [0.2, 0.25) is 10.0 Å². The largest absolute Gasteiger partial charge is 0.264 e. The highest BCUT2D eigenvalue weighted by atomic mass is 32.2. The zero-order valence-corrected chi connectivity index (χ0v) is 16.1. The number of nitrogens with zero attached hydrogens (tertiary/aromatic N) is 1. The van der Waals surface area contributed by atoms with E-state index in [2.05, 4.69) is 42.6 Å². The lowest BCUT2D eigenvalue weighted by atomic mass is 9.86. The van der Waals surface area contributed by atoms with E-state index in [1.54, 1.807) is 6.20 Å². The van der Waals surface area contributed by atoms with Crippen LogP contribution in [0.2, 0.25) is 0 Å². The standard InChI is InChI=1S/C20H28N2O2S/c1-20(2,3)19-10-8-17(9-11-19)12-15-25(23,24)22-14-5-7-18-6-4-13-21-16-18/h4,6,8-11,13,16,22H,5,7,12,14-15H2,1-3H3. The van der Waals surface area contributed by atoms with Crippen molar-refractivity contribution < 1.29 is 8.42 Å². The minimum Gasteiger partial charge on any atom is -0.264 e. The average Bonchev–Trinajstić information content (AvgIpc) is 2.58. The molecule has 1 aromatic heterocycles. The van der Waals surface area contributed by atoms with Gasteiger partial charge in [-0.2, -0.15) is 0 Å². The Labute approximate surface area is 151 Å². The van der Waals surface area contributed by atoms with E-state index in [1.807, 2.05) is 30.5 Å². The number of aromatic nitrogens is 1. The Morgan fingerprint density at radius 1 is 1.00 bits per heavy atom. The van der Waals surface area contributed by atoms with Crippen molar-refractivity contribution in [1.82, 2.24) is 9.71 Å². The first-order valence-corrected chi connectivity index (χ1v) is 10.4. The molecule has 1 N–H and O–H groups in total. The molecule has 0 amide bonds. The van der Waals surface area contributed by atoms with Crippen LogP contribution < -0.4 is 4.72 Å². The smallest absolute Gasteiger partial charge is 0.211 e. The fraction of sp³-hybridized carbons (Fsp3) is 0.450. The van der Waals surface area contributed by atoms with Crippen molar-refractivity contribution in [2.24, 2.45) is 0 Å². The van der Waals surface area contributed by atoms with Crippen LogP contribution in [0.1, 0.15) is 43.9 Å². The maximum Gasteiger partial charge on any atom is 0.211 e. The Morgan fingerprint density at radius 3 is 2.32 bits per heavy atom. The summed E-state index contributed by atoms with van der Waals surface area (Å²) in [7, 11) is -3.24. The lowest BCUT2D eigenvalue weighted by Gasteiger charge is -2.19. The number of aryl methyl sites for hydroxylation is 2. The van der Waals surface area contributed by atoms with Crippen molar-refractivity contribution in [2.75, 3.05) is 12.3 Å². The molecule has 0 radical (unpaired) electrons. The predicted octanol–water partition coefficient (Wildman–Crippen LogP) is 3.47. The molecule has 0 saturated heterocycles. The summed E-state index contributed by atoms with van der Waals surface area (Å²) in [6.07, 6.45) is 5.67. The minimum atomic E-state index is -3.24. The zero-order valence-electron chi connectivity index (χ0n) is 15.3. The van der Waals surface area contributed by atoms with Gasteiger partial charge < -0.3 is 0 Å². The molecule has 0 aliphatic rings. The van der Waals surface area contributed by atoms with E-state index in [1.165, 1.54) is 5.56 Å². The highest BCUT2D eigenvalue weighted by Crippen LogP contribution is 2.22. The van der Waals surface area contributed by atoms with Gasteiger partial charge in [-0.3, -0.25) is 4.98 Å². The van der Waals surface area contributed by atoms with E-state index >= 15 is 0 Å². The van der Waals surface area contributed by atoms with Crippen molar-refractivity contribution in [3.8, 4) is 0 Å². The summed E-state index contributed by atoms with van der Waals surface area (Å²) in [5.74, 6) is 0.120. The Morgan fingerprint density at radius 2 is 1.72 bits per heavy atom. The van der Waals surface area contributed by atoms with E-state index in [4.69, 9.17) is 0 Å². The number of nitrogens with one attached hydrogen (secondary N) is 1. The van der Waals surface area contributed by atoms with E-state index in [0.29, 0.717) is 13.0 Å². The molecule has 0 saturated carbocycles. The highest BCUT2D eigenvalue weighted by Gasteiger charge is 2.14. The molecule has 2 aromatic rings. The number of rotatable bonds is 8. The predicted molar refractivity (Wildman–Crippen MR) is 103 cm³/mol. The number of hydrogen-bond acceptors (Lipinski definition) is 3. The topological polar surface area (TPSA) is 59.1 Å². The molecule has 0 spiro atoms. The molecule has 136 valence electrons. The second kappa shape index (κ2) is 8.59. The summed E-state index contributed by atoms with van der Waals surface area (Å²) in [5, 5.41) is 0.